The number of aromatic nitrogens is 3. The van der Waals surface area contributed by atoms with Gasteiger partial charge in [0.25, 0.3) is 0 Å². The molecular weight excluding hydrogens is 597 g/mol. The molecule has 240 valence electrons. The molecule has 3 fully saturated rings. The first-order valence-electron chi connectivity index (χ1n) is 16.1. The van der Waals surface area contributed by atoms with Gasteiger partial charge in [-0.3, -0.25) is 14.7 Å². The molecule has 2 N–H and O–H groups in total. The summed E-state index contributed by atoms with van der Waals surface area (Å²) in [7, 11) is 0. The highest BCUT2D eigenvalue weighted by atomic mass is 19.1. The van der Waals surface area contributed by atoms with E-state index in [4.69, 9.17) is 9.72 Å². The maximum Gasteiger partial charge on any atom is 0.319 e. The zero-order valence-electron chi connectivity index (χ0n) is 25.4. The van der Waals surface area contributed by atoms with Crippen molar-refractivity contribution in [3.8, 4) is 23.0 Å². The molecule has 9 nitrogen and oxygen atoms in total. The Balaban J connectivity index is 1.31. The molecule has 46 heavy (non-hydrogen) atoms. The van der Waals surface area contributed by atoms with Gasteiger partial charge >= 0.3 is 6.01 Å². The molecule has 5 aliphatic heterocycles. The minimum Gasteiger partial charge on any atom is -0.508 e. The minimum atomic E-state index is -0.920. The molecule has 0 aliphatic carbocycles. The molecule has 9 rings (SSSR count). The molecular formula is C34H35F3N6O3. The van der Waals surface area contributed by atoms with Crippen LogP contribution >= 0.6 is 0 Å². The molecule has 0 saturated carbocycles. The Kier molecular flexibility index (Phi) is 7.15. The first-order valence-corrected chi connectivity index (χ1v) is 16.1. The Bertz CT molecular complexity index is 1870. The quantitative estimate of drug-likeness (QED) is 0.323. The van der Waals surface area contributed by atoms with Crippen molar-refractivity contribution < 1.29 is 27.8 Å². The number of fused-ring (bicyclic) bond motifs is 6. The van der Waals surface area contributed by atoms with Gasteiger partial charge in [-0.25, -0.2) is 13.2 Å². The summed E-state index contributed by atoms with van der Waals surface area (Å²) in [6.45, 7) is 3.15. The van der Waals surface area contributed by atoms with Crippen molar-refractivity contribution in [2.24, 2.45) is 5.92 Å². The summed E-state index contributed by atoms with van der Waals surface area (Å²) in [5, 5.41) is 14.7. The second-order valence-corrected chi connectivity index (χ2v) is 13.3. The van der Waals surface area contributed by atoms with Crippen LogP contribution in [-0.2, 0) is 11.2 Å². The number of halogens is 3. The summed E-state index contributed by atoms with van der Waals surface area (Å²) < 4.78 is 53.0. The molecule has 1 amide bonds. The Morgan fingerprint density at radius 2 is 2.00 bits per heavy atom. The zero-order chi connectivity index (χ0) is 31.6. The van der Waals surface area contributed by atoms with E-state index in [0.717, 1.165) is 32.2 Å². The van der Waals surface area contributed by atoms with E-state index in [1.54, 1.807) is 0 Å². The lowest BCUT2D eigenvalue weighted by atomic mass is 9.93. The van der Waals surface area contributed by atoms with E-state index in [9.17, 15) is 14.3 Å². The molecule has 3 saturated heterocycles. The van der Waals surface area contributed by atoms with E-state index in [2.05, 4.69) is 25.1 Å². The highest BCUT2D eigenvalue weighted by molar-refractivity contribution is 6.03. The fraction of sp³-hybridized carbons (Fsp3) is 0.471. The Labute approximate surface area is 263 Å². The summed E-state index contributed by atoms with van der Waals surface area (Å²) in [5.41, 5.74) is -0.351. The Morgan fingerprint density at radius 3 is 2.89 bits per heavy atom. The van der Waals surface area contributed by atoms with Crippen LogP contribution in [-0.4, -0.2) is 81.9 Å². The molecule has 2 aromatic carbocycles. The number of hydrogen-bond acceptors (Lipinski definition) is 8. The molecule has 7 heterocycles. The molecule has 3 atom stereocenters. The standard InChI is InChI=1S/C34H35F3N6O3/c35-21-14-34(7-2-10-43(34)17-21)18-46-33-40-31-25-15-39-30(29(31)37)24-12-22(44)11-20-4-5-26(36)23(28(20)24)13-27(45)38-8-6-19-3-1-9-42(16-19)32(25)41-33/h4-5,11-12,15,19,21,44H,1-3,6-10,13-14,16-18H2,(H,38,45). The highest BCUT2D eigenvalue weighted by Crippen LogP contribution is 2.42. The number of ether oxygens (including phenoxy) is 1. The van der Waals surface area contributed by atoms with Gasteiger partial charge in [-0.15, -0.1) is 0 Å². The van der Waals surface area contributed by atoms with Crippen LogP contribution in [0.25, 0.3) is 32.9 Å². The van der Waals surface area contributed by atoms with E-state index in [-0.39, 0.29) is 59.0 Å². The lowest BCUT2D eigenvalue weighted by Gasteiger charge is -2.34. The van der Waals surface area contributed by atoms with Gasteiger partial charge in [0.2, 0.25) is 5.91 Å². The monoisotopic (exact) mass is 632 g/mol. The van der Waals surface area contributed by atoms with Crippen LogP contribution in [0.5, 0.6) is 11.8 Å². The van der Waals surface area contributed by atoms with Crippen LogP contribution < -0.4 is 15.0 Å². The number of hydrogen-bond donors (Lipinski definition) is 2. The van der Waals surface area contributed by atoms with Crippen LogP contribution in [0.2, 0.25) is 0 Å². The van der Waals surface area contributed by atoms with Gasteiger partial charge in [-0.1, -0.05) is 6.07 Å². The second kappa shape index (κ2) is 11.3. The number of pyridine rings is 1. The van der Waals surface area contributed by atoms with E-state index in [0.29, 0.717) is 61.0 Å². The average molecular weight is 633 g/mol. The summed E-state index contributed by atoms with van der Waals surface area (Å²) in [6.07, 6.45) is 5.05. The largest absolute Gasteiger partial charge is 0.508 e. The number of phenolic OH excluding ortho intramolecular Hbond substituents is 1. The van der Waals surface area contributed by atoms with Crippen molar-refractivity contribution in [1.29, 1.82) is 0 Å². The summed E-state index contributed by atoms with van der Waals surface area (Å²) in [5.74, 6) is -1.14. The SMILES string of the molecule is O=C1Cc2c(F)ccc3cc(O)cc(c23)-c2ncc3c(nc(OCC45CCCN4CC(F)C5)nc3c2F)N2CCCC(CCN1)C2. The fourth-order valence-corrected chi connectivity index (χ4v) is 8.15. The number of anilines is 1. The van der Waals surface area contributed by atoms with Crippen molar-refractivity contribution in [1.82, 2.24) is 25.2 Å². The van der Waals surface area contributed by atoms with Gasteiger partial charge < -0.3 is 20.1 Å². The number of rotatable bonds is 3. The maximum absolute atomic E-state index is 16.9. The minimum absolute atomic E-state index is 0.00471. The number of aromatic hydroxyl groups is 1. The first kappa shape index (κ1) is 29.2. The van der Waals surface area contributed by atoms with E-state index >= 15 is 8.78 Å². The smallest absolute Gasteiger partial charge is 0.319 e. The molecule has 6 bridgehead atoms. The van der Waals surface area contributed by atoms with Gasteiger partial charge in [0.05, 0.1) is 17.3 Å². The van der Waals surface area contributed by atoms with Crippen molar-refractivity contribution in [2.45, 2.75) is 56.7 Å². The van der Waals surface area contributed by atoms with Crippen LogP contribution in [0.3, 0.4) is 0 Å². The van der Waals surface area contributed by atoms with Gasteiger partial charge in [0.1, 0.15) is 41.4 Å². The van der Waals surface area contributed by atoms with Gasteiger partial charge in [-0.2, -0.15) is 9.97 Å². The second-order valence-electron chi connectivity index (χ2n) is 13.3. The Hall–Kier alpha value is -4.19. The molecule has 4 aromatic rings. The Morgan fingerprint density at radius 1 is 1.11 bits per heavy atom. The van der Waals surface area contributed by atoms with Crippen LogP contribution in [0, 0.1) is 17.6 Å². The van der Waals surface area contributed by atoms with Crippen molar-refractivity contribution >= 4 is 33.4 Å². The third-order valence-corrected chi connectivity index (χ3v) is 10.3. The maximum atomic E-state index is 16.9. The third-order valence-electron chi connectivity index (χ3n) is 10.3. The molecule has 3 unspecified atom stereocenters. The van der Waals surface area contributed by atoms with Crippen molar-refractivity contribution in [2.75, 3.05) is 44.2 Å². The van der Waals surface area contributed by atoms with Crippen LogP contribution in [0.1, 0.15) is 44.1 Å². The molecule has 0 radical (unpaired) electrons. The average Bonchev–Trinajstić information content (AvgIpc) is 3.56. The highest BCUT2D eigenvalue weighted by Gasteiger charge is 2.49. The predicted octanol–water partition coefficient (Wildman–Crippen LogP) is 5.06. The molecule has 2 aromatic heterocycles. The summed E-state index contributed by atoms with van der Waals surface area (Å²) in [4.78, 5) is 31.2. The third kappa shape index (κ3) is 4.97. The predicted molar refractivity (Wildman–Crippen MR) is 167 cm³/mol. The van der Waals surface area contributed by atoms with Crippen molar-refractivity contribution in [3.63, 3.8) is 0 Å². The lowest BCUT2D eigenvalue weighted by Crippen LogP contribution is -2.43. The number of amides is 1. The van der Waals surface area contributed by atoms with E-state index < -0.39 is 23.3 Å². The van der Waals surface area contributed by atoms with Gasteiger partial charge in [0, 0.05) is 49.9 Å². The molecule has 12 heteroatoms. The number of nitrogens with one attached hydrogen (secondary N) is 1. The fourth-order valence-electron chi connectivity index (χ4n) is 8.15. The number of phenols is 1. The van der Waals surface area contributed by atoms with Crippen LogP contribution in [0.4, 0.5) is 19.0 Å². The molecule has 0 spiro atoms. The summed E-state index contributed by atoms with van der Waals surface area (Å²) in [6, 6.07) is 5.53. The molecule has 5 aliphatic rings. The van der Waals surface area contributed by atoms with Crippen molar-refractivity contribution in [3.05, 3.63) is 47.7 Å². The first-order chi connectivity index (χ1) is 22.3. The number of alkyl halides is 1. The normalized spacial score (nSPS) is 25.0. The number of carbonyl (C=O) groups excluding carboxylic acids is 1. The zero-order valence-corrected chi connectivity index (χ0v) is 25.4. The van der Waals surface area contributed by atoms with Crippen LogP contribution in [0.15, 0.2) is 30.5 Å². The summed E-state index contributed by atoms with van der Waals surface area (Å²) >= 11 is 0. The van der Waals surface area contributed by atoms with E-state index in [1.165, 1.54) is 30.5 Å². The number of carbonyl (C=O) groups is 1. The number of nitrogens with zero attached hydrogens (tertiary/aromatic N) is 5. The lowest BCUT2D eigenvalue weighted by molar-refractivity contribution is -0.120. The number of piperidine rings is 1. The number of benzene rings is 2. The van der Waals surface area contributed by atoms with Gasteiger partial charge in [0.15, 0.2) is 5.82 Å². The van der Waals surface area contributed by atoms with Gasteiger partial charge in [-0.05, 0) is 73.5 Å². The topological polar surface area (TPSA) is 104 Å². The van der Waals surface area contributed by atoms with E-state index in [1.807, 2.05) is 0 Å².